The van der Waals surface area contributed by atoms with E-state index < -0.39 is 10.0 Å². The molecular formula is C21H29N5O3S. The maximum atomic E-state index is 13.2. The second-order valence-electron chi connectivity index (χ2n) is 7.85. The third kappa shape index (κ3) is 3.83. The summed E-state index contributed by atoms with van der Waals surface area (Å²) in [5.41, 5.74) is 1.59. The van der Waals surface area contributed by atoms with Crippen molar-refractivity contribution in [2.24, 2.45) is 0 Å². The molecule has 0 bridgehead atoms. The van der Waals surface area contributed by atoms with Gasteiger partial charge in [0.1, 0.15) is 5.75 Å². The van der Waals surface area contributed by atoms with E-state index >= 15 is 0 Å². The van der Waals surface area contributed by atoms with Crippen LogP contribution in [-0.4, -0.2) is 69.3 Å². The first kappa shape index (κ1) is 20.9. The van der Waals surface area contributed by atoms with Crippen molar-refractivity contribution in [2.75, 3.05) is 56.2 Å². The maximum absolute atomic E-state index is 13.2. The molecule has 1 aromatic heterocycles. The summed E-state index contributed by atoms with van der Waals surface area (Å²) >= 11 is 0. The van der Waals surface area contributed by atoms with E-state index in [1.165, 1.54) is 12.8 Å². The van der Waals surface area contributed by atoms with E-state index in [9.17, 15) is 8.42 Å². The fourth-order valence-corrected chi connectivity index (χ4v) is 5.87. The molecule has 2 fully saturated rings. The molecule has 162 valence electrons. The quantitative estimate of drug-likeness (QED) is 0.718. The van der Waals surface area contributed by atoms with Crippen LogP contribution in [0.2, 0.25) is 0 Å². The average Bonchev–Trinajstić information content (AvgIpc) is 3.31. The molecule has 1 aromatic carbocycles. The van der Waals surface area contributed by atoms with Crippen LogP contribution in [0, 0.1) is 13.8 Å². The number of aromatic nitrogens is 2. The van der Waals surface area contributed by atoms with Crippen LogP contribution in [0.25, 0.3) is 0 Å². The molecule has 8 nitrogen and oxygen atoms in total. The molecule has 0 radical (unpaired) electrons. The number of anilines is 2. The summed E-state index contributed by atoms with van der Waals surface area (Å²) in [6.45, 7) is 7.80. The molecule has 0 spiro atoms. The van der Waals surface area contributed by atoms with Crippen molar-refractivity contribution in [2.45, 2.75) is 31.6 Å². The Kier molecular flexibility index (Phi) is 5.84. The van der Waals surface area contributed by atoms with Crippen molar-refractivity contribution in [3.63, 3.8) is 0 Å². The topological polar surface area (TPSA) is 78.9 Å². The molecule has 9 heteroatoms. The third-order valence-electron chi connectivity index (χ3n) is 6.15. The molecule has 2 saturated heterocycles. The maximum Gasteiger partial charge on any atom is 0.243 e. The minimum absolute atomic E-state index is 0.351. The normalized spacial score (nSPS) is 18.1. The fraction of sp³-hybridized carbons (Fsp3) is 0.524. The first-order valence-electron chi connectivity index (χ1n) is 10.4. The summed E-state index contributed by atoms with van der Waals surface area (Å²) in [6, 6.07) is 7.37. The summed E-state index contributed by atoms with van der Waals surface area (Å²) in [6.07, 6.45) is 2.40. The Balaban J connectivity index is 1.44. The lowest BCUT2D eigenvalue weighted by molar-refractivity contribution is 0.382. The van der Waals surface area contributed by atoms with Crippen molar-refractivity contribution in [1.82, 2.24) is 14.5 Å². The molecule has 2 aliphatic rings. The molecule has 3 heterocycles. The van der Waals surface area contributed by atoms with Gasteiger partial charge in [-0.2, -0.15) is 4.31 Å². The van der Waals surface area contributed by atoms with E-state index in [4.69, 9.17) is 4.74 Å². The van der Waals surface area contributed by atoms with E-state index in [-0.39, 0.29) is 0 Å². The van der Waals surface area contributed by atoms with Crippen molar-refractivity contribution < 1.29 is 13.2 Å². The van der Waals surface area contributed by atoms with Gasteiger partial charge >= 0.3 is 0 Å². The highest BCUT2D eigenvalue weighted by molar-refractivity contribution is 7.89. The number of ether oxygens (including phenoxy) is 1. The lowest BCUT2D eigenvalue weighted by atomic mass is 10.1. The third-order valence-corrected chi connectivity index (χ3v) is 8.20. The van der Waals surface area contributed by atoms with Gasteiger partial charge in [-0.3, -0.25) is 0 Å². The number of hydrogen-bond donors (Lipinski definition) is 0. The predicted octanol–water partition coefficient (Wildman–Crippen LogP) is 2.21. The number of methoxy groups -OCH3 is 1. The molecule has 2 aliphatic heterocycles. The van der Waals surface area contributed by atoms with Crippen LogP contribution in [0.3, 0.4) is 0 Å². The van der Waals surface area contributed by atoms with Gasteiger partial charge in [-0.25, -0.2) is 8.42 Å². The van der Waals surface area contributed by atoms with Crippen molar-refractivity contribution in [3.05, 3.63) is 35.4 Å². The average molecular weight is 432 g/mol. The van der Waals surface area contributed by atoms with E-state index in [0.29, 0.717) is 36.8 Å². The molecule has 0 saturated carbocycles. The smallest absolute Gasteiger partial charge is 0.243 e. The van der Waals surface area contributed by atoms with Crippen LogP contribution in [0.5, 0.6) is 5.75 Å². The van der Waals surface area contributed by atoms with Gasteiger partial charge in [0.2, 0.25) is 10.0 Å². The SMILES string of the molecule is COc1ccc(S(=O)(=O)N2CCN(c3ccc(N4CCCC4)nn3)CC2)c(C)c1C. The van der Waals surface area contributed by atoms with Crippen LogP contribution in [0.4, 0.5) is 11.6 Å². The first-order chi connectivity index (χ1) is 14.4. The highest BCUT2D eigenvalue weighted by Gasteiger charge is 2.31. The second kappa shape index (κ2) is 8.39. The monoisotopic (exact) mass is 431 g/mol. The van der Waals surface area contributed by atoms with Gasteiger partial charge in [0.05, 0.1) is 12.0 Å². The number of piperazine rings is 1. The van der Waals surface area contributed by atoms with Crippen LogP contribution >= 0.6 is 0 Å². The van der Waals surface area contributed by atoms with Crippen molar-refractivity contribution in [1.29, 1.82) is 0 Å². The summed E-state index contributed by atoms with van der Waals surface area (Å²) in [7, 11) is -1.96. The molecule has 30 heavy (non-hydrogen) atoms. The second-order valence-corrected chi connectivity index (χ2v) is 9.76. The van der Waals surface area contributed by atoms with Gasteiger partial charge < -0.3 is 14.5 Å². The summed E-state index contributed by atoms with van der Waals surface area (Å²) in [4.78, 5) is 4.70. The number of sulfonamides is 1. The largest absolute Gasteiger partial charge is 0.496 e. The first-order valence-corrected chi connectivity index (χ1v) is 11.8. The van der Waals surface area contributed by atoms with E-state index in [1.54, 1.807) is 23.5 Å². The summed E-state index contributed by atoms with van der Waals surface area (Å²) in [5.74, 6) is 2.42. The Labute approximate surface area is 178 Å². The fourth-order valence-electron chi connectivity index (χ4n) is 4.17. The standard InChI is InChI=1S/C21H29N5O3S/c1-16-17(2)19(7-6-18(16)29-3)30(27,28)26-14-12-25(13-15-26)21-9-8-20(22-23-21)24-10-4-5-11-24/h6-9H,4-5,10-15H2,1-3H3. The Hall–Kier alpha value is -2.39. The zero-order valence-corrected chi connectivity index (χ0v) is 18.7. The zero-order valence-electron chi connectivity index (χ0n) is 17.8. The van der Waals surface area contributed by atoms with Gasteiger partial charge in [-0.1, -0.05) is 0 Å². The minimum atomic E-state index is -3.56. The number of nitrogens with zero attached hydrogens (tertiary/aromatic N) is 5. The van der Waals surface area contributed by atoms with Crippen molar-refractivity contribution in [3.8, 4) is 5.75 Å². The summed E-state index contributed by atoms with van der Waals surface area (Å²) < 4.78 is 33.3. The molecule has 4 rings (SSSR count). The van der Waals surface area contributed by atoms with Gasteiger partial charge in [-0.05, 0) is 62.1 Å². The molecule has 2 aromatic rings. The Morgan fingerprint density at radius 3 is 1.90 bits per heavy atom. The van der Waals surface area contributed by atoms with Gasteiger partial charge in [0.15, 0.2) is 11.6 Å². The number of benzene rings is 1. The minimum Gasteiger partial charge on any atom is -0.496 e. The zero-order chi connectivity index (χ0) is 21.3. The number of hydrogen-bond acceptors (Lipinski definition) is 7. The van der Waals surface area contributed by atoms with E-state index in [2.05, 4.69) is 20.0 Å². The van der Waals surface area contributed by atoms with Crippen molar-refractivity contribution >= 4 is 21.7 Å². The summed E-state index contributed by atoms with van der Waals surface area (Å²) in [5, 5.41) is 8.77. The van der Waals surface area contributed by atoms with Crippen LogP contribution in [0.1, 0.15) is 24.0 Å². The van der Waals surface area contributed by atoms with Gasteiger partial charge in [-0.15, -0.1) is 10.2 Å². The van der Waals surface area contributed by atoms with Crippen LogP contribution in [0.15, 0.2) is 29.2 Å². The van der Waals surface area contributed by atoms with E-state index in [0.717, 1.165) is 35.9 Å². The number of rotatable bonds is 5. The lowest BCUT2D eigenvalue weighted by Gasteiger charge is -2.34. The highest BCUT2D eigenvalue weighted by atomic mass is 32.2. The van der Waals surface area contributed by atoms with Gasteiger partial charge in [0.25, 0.3) is 0 Å². The Morgan fingerprint density at radius 2 is 1.37 bits per heavy atom. The molecule has 0 N–H and O–H groups in total. The molecule has 0 atom stereocenters. The molecule has 0 unspecified atom stereocenters. The Bertz CT molecular complexity index is 996. The highest BCUT2D eigenvalue weighted by Crippen LogP contribution is 2.29. The lowest BCUT2D eigenvalue weighted by Crippen LogP contribution is -2.49. The van der Waals surface area contributed by atoms with E-state index in [1.807, 2.05) is 26.0 Å². The molecule has 0 aliphatic carbocycles. The molecular weight excluding hydrogens is 402 g/mol. The predicted molar refractivity (Wildman–Crippen MR) is 117 cm³/mol. The van der Waals surface area contributed by atoms with Crippen LogP contribution in [-0.2, 0) is 10.0 Å². The Morgan fingerprint density at radius 1 is 0.800 bits per heavy atom. The van der Waals surface area contributed by atoms with Gasteiger partial charge in [0, 0.05) is 39.3 Å². The molecule has 0 amide bonds. The van der Waals surface area contributed by atoms with Crippen LogP contribution < -0.4 is 14.5 Å².